The standard InChI is InChI=1S/C13H15N3O2/c1-2-15-12(17)8-18-11-6-5-10(14)9-4-3-7-16-13(9)11/h3-7H,2,8,14H2,1H3,(H,15,17). The van der Waals surface area contributed by atoms with Crippen molar-refractivity contribution in [2.45, 2.75) is 6.92 Å². The zero-order valence-electron chi connectivity index (χ0n) is 10.1. The van der Waals surface area contributed by atoms with Crippen LogP contribution in [0.2, 0.25) is 0 Å². The van der Waals surface area contributed by atoms with E-state index in [4.69, 9.17) is 10.5 Å². The van der Waals surface area contributed by atoms with E-state index in [1.54, 1.807) is 18.3 Å². The molecule has 0 saturated carbocycles. The predicted octanol–water partition coefficient (Wildman–Crippen LogP) is 1.33. The number of nitrogens with one attached hydrogen (secondary N) is 1. The second-order valence-corrected chi connectivity index (χ2v) is 3.79. The number of hydrogen-bond donors (Lipinski definition) is 2. The molecule has 2 rings (SSSR count). The number of fused-ring (bicyclic) bond motifs is 1. The molecule has 0 fully saturated rings. The smallest absolute Gasteiger partial charge is 0.257 e. The number of benzene rings is 1. The van der Waals surface area contributed by atoms with Crippen LogP contribution in [0.15, 0.2) is 30.5 Å². The van der Waals surface area contributed by atoms with Gasteiger partial charge in [-0.15, -0.1) is 0 Å². The van der Waals surface area contributed by atoms with Crippen LogP contribution < -0.4 is 15.8 Å². The van der Waals surface area contributed by atoms with E-state index in [-0.39, 0.29) is 12.5 Å². The van der Waals surface area contributed by atoms with E-state index < -0.39 is 0 Å². The van der Waals surface area contributed by atoms with E-state index >= 15 is 0 Å². The highest BCUT2D eigenvalue weighted by Crippen LogP contribution is 2.27. The first-order valence-corrected chi connectivity index (χ1v) is 5.75. The number of hydrogen-bond acceptors (Lipinski definition) is 4. The molecular weight excluding hydrogens is 230 g/mol. The lowest BCUT2D eigenvalue weighted by molar-refractivity contribution is -0.122. The fourth-order valence-electron chi connectivity index (χ4n) is 1.68. The van der Waals surface area contributed by atoms with Crippen LogP contribution in [0.3, 0.4) is 0 Å². The van der Waals surface area contributed by atoms with E-state index in [1.807, 2.05) is 19.1 Å². The number of carbonyl (C=O) groups is 1. The molecular formula is C13H15N3O2. The molecule has 0 atom stereocenters. The molecule has 2 aromatic rings. The Labute approximate surface area is 105 Å². The van der Waals surface area contributed by atoms with Crippen molar-refractivity contribution in [2.75, 3.05) is 18.9 Å². The highest BCUT2D eigenvalue weighted by atomic mass is 16.5. The molecule has 5 heteroatoms. The highest BCUT2D eigenvalue weighted by molar-refractivity contribution is 5.94. The van der Waals surface area contributed by atoms with E-state index in [1.165, 1.54) is 0 Å². The number of ether oxygens (including phenoxy) is 1. The fourth-order valence-corrected chi connectivity index (χ4v) is 1.68. The van der Waals surface area contributed by atoms with Crippen molar-refractivity contribution in [3.05, 3.63) is 30.5 Å². The molecule has 18 heavy (non-hydrogen) atoms. The van der Waals surface area contributed by atoms with Gasteiger partial charge in [-0.3, -0.25) is 9.78 Å². The lowest BCUT2D eigenvalue weighted by atomic mass is 10.2. The minimum absolute atomic E-state index is 0.0244. The maximum absolute atomic E-state index is 11.3. The summed E-state index contributed by atoms with van der Waals surface area (Å²) in [6, 6.07) is 7.16. The van der Waals surface area contributed by atoms with Crippen molar-refractivity contribution in [3.63, 3.8) is 0 Å². The Hall–Kier alpha value is -2.30. The third-order valence-electron chi connectivity index (χ3n) is 2.50. The SMILES string of the molecule is CCNC(=O)COc1ccc(N)c2cccnc12. The zero-order valence-corrected chi connectivity index (χ0v) is 10.1. The average Bonchev–Trinajstić information content (AvgIpc) is 2.39. The molecule has 0 radical (unpaired) electrons. The molecule has 0 saturated heterocycles. The molecule has 1 amide bonds. The van der Waals surface area contributed by atoms with Crippen molar-refractivity contribution in [1.82, 2.24) is 10.3 Å². The van der Waals surface area contributed by atoms with Gasteiger partial charge < -0.3 is 15.8 Å². The molecule has 94 valence electrons. The summed E-state index contributed by atoms with van der Waals surface area (Å²) in [7, 11) is 0. The highest BCUT2D eigenvalue weighted by Gasteiger charge is 2.07. The average molecular weight is 245 g/mol. The summed E-state index contributed by atoms with van der Waals surface area (Å²) in [6.45, 7) is 2.42. The van der Waals surface area contributed by atoms with Crippen molar-refractivity contribution < 1.29 is 9.53 Å². The Morgan fingerprint density at radius 3 is 3.06 bits per heavy atom. The summed E-state index contributed by atoms with van der Waals surface area (Å²) in [5.74, 6) is 0.407. The molecule has 1 aromatic heterocycles. The number of rotatable bonds is 4. The Kier molecular flexibility index (Phi) is 3.62. The number of pyridine rings is 1. The van der Waals surface area contributed by atoms with Gasteiger partial charge in [0.1, 0.15) is 11.3 Å². The molecule has 0 spiro atoms. The number of nitrogens with two attached hydrogens (primary N) is 1. The third-order valence-corrected chi connectivity index (χ3v) is 2.50. The first-order chi connectivity index (χ1) is 8.72. The van der Waals surface area contributed by atoms with Crippen LogP contribution >= 0.6 is 0 Å². The quantitative estimate of drug-likeness (QED) is 0.797. The second kappa shape index (κ2) is 5.35. The third kappa shape index (κ3) is 2.51. The summed E-state index contributed by atoms with van der Waals surface area (Å²) < 4.78 is 5.46. The molecule has 3 N–H and O–H groups in total. The van der Waals surface area contributed by atoms with Gasteiger partial charge >= 0.3 is 0 Å². The molecule has 0 aliphatic carbocycles. The number of nitrogen functional groups attached to an aromatic ring is 1. The van der Waals surface area contributed by atoms with Crippen molar-refractivity contribution >= 4 is 22.5 Å². The fraction of sp³-hybridized carbons (Fsp3) is 0.231. The van der Waals surface area contributed by atoms with Gasteiger partial charge in [0, 0.05) is 23.8 Å². The molecule has 5 nitrogen and oxygen atoms in total. The molecule has 1 heterocycles. The number of amides is 1. The van der Waals surface area contributed by atoms with Crippen LogP contribution in [0.4, 0.5) is 5.69 Å². The first-order valence-electron chi connectivity index (χ1n) is 5.75. The minimum Gasteiger partial charge on any atom is -0.481 e. The Balaban J connectivity index is 2.24. The molecule has 0 bridgehead atoms. The monoisotopic (exact) mass is 245 g/mol. The first kappa shape index (κ1) is 12.2. The predicted molar refractivity (Wildman–Crippen MR) is 70.3 cm³/mol. The van der Waals surface area contributed by atoms with Crippen LogP contribution in [0.1, 0.15) is 6.92 Å². The summed E-state index contributed by atoms with van der Waals surface area (Å²) in [6.07, 6.45) is 1.67. The number of aromatic nitrogens is 1. The van der Waals surface area contributed by atoms with Gasteiger partial charge in [0.15, 0.2) is 6.61 Å². The summed E-state index contributed by atoms with van der Waals surface area (Å²) in [5, 5.41) is 3.49. The number of nitrogens with zero attached hydrogens (tertiary/aromatic N) is 1. The number of anilines is 1. The summed E-state index contributed by atoms with van der Waals surface area (Å²) in [5.41, 5.74) is 7.16. The van der Waals surface area contributed by atoms with Crippen LogP contribution in [0.25, 0.3) is 10.9 Å². The van der Waals surface area contributed by atoms with E-state index in [0.29, 0.717) is 23.5 Å². The maximum Gasteiger partial charge on any atom is 0.257 e. The second-order valence-electron chi connectivity index (χ2n) is 3.79. The normalized spacial score (nSPS) is 10.3. The van der Waals surface area contributed by atoms with Crippen molar-refractivity contribution in [1.29, 1.82) is 0 Å². The molecule has 0 aliphatic heterocycles. The van der Waals surface area contributed by atoms with Gasteiger partial charge in [-0.25, -0.2) is 0 Å². The maximum atomic E-state index is 11.3. The van der Waals surface area contributed by atoms with Crippen LogP contribution in [-0.2, 0) is 4.79 Å². The van der Waals surface area contributed by atoms with E-state index in [2.05, 4.69) is 10.3 Å². The zero-order chi connectivity index (χ0) is 13.0. The Morgan fingerprint density at radius 2 is 2.28 bits per heavy atom. The number of carbonyl (C=O) groups excluding carboxylic acids is 1. The Bertz CT molecular complexity index is 569. The van der Waals surface area contributed by atoms with E-state index in [9.17, 15) is 4.79 Å². The van der Waals surface area contributed by atoms with Crippen molar-refractivity contribution in [2.24, 2.45) is 0 Å². The van der Waals surface area contributed by atoms with Gasteiger partial charge in [0.05, 0.1) is 0 Å². The van der Waals surface area contributed by atoms with Gasteiger partial charge in [-0.2, -0.15) is 0 Å². The van der Waals surface area contributed by atoms with Gasteiger partial charge in [0.2, 0.25) is 0 Å². The lowest BCUT2D eigenvalue weighted by Crippen LogP contribution is -2.28. The molecule has 0 aliphatic rings. The van der Waals surface area contributed by atoms with Crippen LogP contribution in [0, 0.1) is 0 Å². The van der Waals surface area contributed by atoms with Crippen molar-refractivity contribution in [3.8, 4) is 5.75 Å². The van der Waals surface area contributed by atoms with Gasteiger partial charge in [-0.1, -0.05) is 0 Å². The summed E-state index contributed by atoms with van der Waals surface area (Å²) >= 11 is 0. The van der Waals surface area contributed by atoms with Gasteiger partial charge in [0.25, 0.3) is 5.91 Å². The number of likely N-dealkylation sites (N-methyl/N-ethyl adjacent to an activating group) is 1. The largest absolute Gasteiger partial charge is 0.481 e. The Morgan fingerprint density at radius 1 is 1.44 bits per heavy atom. The van der Waals surface area contributed by atoms with E-state index in [0.717, 1.165) is 5.39 Å². The molecule has 0 unspecified atom stereocenters. The van der Waals surface area contributed by atoms with Crippen LogP contribution in [0.5, 0.6) is 5.75 Å². The summed E-state index contributed by atoms with van der Waals surface area (Å²) in [4.78, 5) is 15.6. The minimum atomic E-state index is -0.154. The van der Waals surface area contributed by atoms with Gasteiger partial charge in [-0.05, 0) is 31.2 Å². The topological polar surface area (TPSA) is 77.2 Å². The molecule has 1 aromatic carbocycles. The lowest BCUT2D eigenvalue weighted by Gasteiger charge is -2.09. The van der Waals surface area contributed by atoms with Crippen LogP contribution in [-0.4, -0.2) is 24.0 Å².